The van der Waals surface area contributed by atoms with Crippen LogP contribution in [-0.4, -0.2) is 24.7 Å². The second kappa shape index (κ2) is 3.94. The molecule has 92 valence electrons. The minimum atomic E-state index is 0.0560. The van der Waals surface area contributed by atoms with Gasteiger partial charge in [0.25, 0.3) is 0 Å². The van der Waals surface area contributed by atoms with Crippen molar-refractivity contribution in [2.75, 3.05) is 0 Å². The van der Waals surface area contributed by atoms with Crippen LogP contribution in [0.5, 0.6) is 0 Å². The average molecular weight is 241 g/mol. The first-order chi connectivity index (χ1) is 8.65. The molecular formula is C13H15N5. The standard InChI is InChI=1S/C13H15N5/c1-8-4-11-12(5-9(8)2)17-13(16-11)10(3)18-7-14-6-15-18/h4-7,10H,1-3H3,(H,16,17). The van der Waals surface area contributed by atoms with Crippen molar-refractivity contribution in [1.29, 1.82) is 0 Å². The summed E-state index contributed by atoms with van der Waals surface area (Å²) in [6, 6.07) is 4.30. The molecule has 1 unspecified atom stereocenters. The van der Waals surface area contributed by atoms with Gasteiger partial charge in [-0.1, -0.05) is 0 Å². The van der Waals surface area contributed by atoms with Crippen molar-refractivity contribution in [2.24, 2.45) is 0 Å². The maximum Gasteiger partial charge on any atom is 0.137 e. The van der Waals surface area contributed by atoms with Crippen molar-refractivity contribution in [3.05, 3.63) is 41.7 Å². The highest BCUT2D eigenvalue weighted by Crippen LogP contribution is 2.21. The molecule has 18 heavy (non-hydrogen) atoms. The molecule has 0 saturated heterocycles. The summed E-state index contributed by atoms with van der Waals surface area (Å²) in [5.74, 6) is 0.903. The monoisotopic (exact) mass is 241 g/mol. The Hall–Kier alpha value is -2.17. The van der Waals surface area contributed by atoms with E-state index in [-0.39, 0.29) is 6.04 Å². The van der Waals surface area contributed by atoms with Crippen LogP contribution in [-0.2, 0) is 0 Å². The molecule has 0 spiro atoms. The fourth-order valence-electron chi connectivity index (χ4n) is 2.03. The number of imidazole rings is 1. The summed E-state index contributed by atoms with van der Waals surface area (Å²) in [4.78, 5) is 11.9. The molecule has 0 fully saturated rings. The molecule has 1 aromatic carbocycles. The molecule has 0 radical (unpaired) electrons. The molecule has 0 bridgehead atoms. The largest absolute Gasteiger partial charge is 0.340 e. The lowest BCUT2D eigenvalue weighted by Crippen LogP contribution is -2.08. The Morgan fingerprint density at radius 3 is 2.72 bits per heavy atom. The Morgan fingerprint density at radius 2 is 2.00 bits per heavy atom. The van der Waals surface area contributed by atoms with Gasteiger partial charge in [-0.15, -0.1) is 0 Å². The molecule has 2 heterocycles. The van der Waals surface area contributed by atoms with Crippen LogP contribution >= 0.6 is 0 Å². The summed E-state index contributed by atoms with van der Waals surface area (Å²) in [5, 5.41) is 4.14. The molecule has 0 amide bonds. The summed E-state index contributed by atoms with van der Waals surface area (Å²) in [5.41, 5.74) is 4.60. The lowest BCUT2D eigenvalue weighted by atomic mass is 10.1. The van der Waals surface area contributed by atoms with Crippen molar-refractivity contribution in [1.82, 2.24) is 24.7 Å². The maximum absolute atomic E-state index is 4.63. The number of aromatic nitrogens is 5. The zero-order chi connectivity index (χ0) is 12.7. The molecule has 3 aromatic rings. The van der Waals surface area contributed by atoms with Crippen LogP contribution in [0.1, 0.15) is 29.9 Å². The van der Waals surface area contributed by atoms with Crippen LogP contribution in [0.2, 0.25) is 0 Å². The number of nitrogens with zero attached hydrogens (tertiary/aromatic N) is 4. The zero-order valence-corrected chi connectivity index (χ0v) is 10.7. The Labute approximate surface area is 105 Å². The molecule has 2 aromatic heterocycles. The van der Waals surface area contributed by atoms with Crippen LogP contribution in [0.15, 0.2) is 24.8 Å². The molecule has 5 nitrogen and oxygen atoms in total. The van der Waals surface area contributed by atoms with Gasteiger partial charge in [0.15, 0.2) is 0 Å². The minimum absolute atomic E-state index is 0.0560. The zero-order valence-electron chi connectivity index (χ0n) is 10.7. The van der Waals surface area contributed by atoms with Crippen LogP contribution in [0.4, 0.5) is 0 Å². The molecule has 5 heteroatoms. The third-order valence-electron chi connectivity index (χ3n) is 3.34. The molecule has 0 aliphatic rings. The Bertz CT molecular complexity index is 642. The number of hydrogen-bond acceptors (Lipinski definition) is 3. The second-order valence-electron chi connectivity index (χ2n) is 4.63. The summed E-state index contributed by atoms with van der Waals surface area (Å²) >= 11 is 0. The fourth-order valence-corrected chi connectivity index (χ4v) is 2.03. The van der Waals surface area contributed by atoms with E-state index in [1.807, 2.05) is 6.92 Å². The smallest absolute Gasteiger partial charge is 0.137 e. The summed E-state index contributed by atoms with van der Waals surface area (Å²) in [7, 11) is 0. The number of benzene rings is 1. The third kappa shape index (κ3) is 1.68. The number of aromatic amines is 1. The van der Waals surface area contributed by atoms with Gasteiger partial charge in [0.05, 0.1) is 11.0 Å². The Kier molecular flexibility index (Phi) is 2.40. The second-order valence-corrected chi connectivity index (χ2v) is 4.63. The van der Waals surface area contributed by atoms with Gasteiger partial charge >= 0.3 is 0 Å². The van der Waals surface area contributed by atoms with E-state index in [1.54, 1.807) is 11.0 Å². The maximum atomic E-state index is 4.63. The number of hydrogen-bond donors (Lipinski definition) is 1. The van der Waals surface area contributed by atoms with Gasteiger partial charge in [-0.05, 0) is 44.0 Å². The molecular weight excluding hydrogens is 226 g/mol. The number of rotatable bonds is 2. The number of H-pyrrole nitrogens is 1. The minimum Gasteiger partial charge on any atom is -0.340 e. The van der Waals surface area contributed by atoms with Crippen LogP contribution in [0.25, 0.3) is 11.0 Å². The first-order valence-electron chi connectivity index (χ1n) is 5.96. The van der Waals surface area contributed by atoms with E-state index in [1.165, 1.54) is 17.5 Å². The Balaban J connectivity index is 2.08. The van der Waals surface area contributed by atoms with Crippen LogP contribution in [0.3, 0.4) is 0 Å². The van der Waals surface area contributed by atoms with E-state index in [2.05, 4.69) is 46.0 Å². The van der Waals surface area contributed by atoms with E-state index in [4.69, 9.17) is 0 Å². The molecule has 3 rings (SSSR count). The lowest BCUT2D eigenvalue weighted by molar-refractivity contribution is 0.541. The van der Waals surface area contributed by atoms with E-state index in [0.717, 1.165) is 16.9 Å². The highest BCUT2D eigenvalue weighted by Gasteiger charge is 2.13. The predicted octanol–water partition coefficient (Wildman–Crippen LogP) is 2.38. The van der Waals surface area contributed by atoms with Crippen molar-refractivity contribution in [3.8, 4) is 0 Å². The van der Waals surface area contributed by atoms with Gasteiger partial charge in [0.1, 0.15) is 24.5 Å². The van der Waals surface area contributed by atoms with Crippen molar-refractivity contribution in [2.45, 2.75) is 26.8 Å². The first-order valence-corrected chi connectivity index (χ1v) is 5.96. The summed E-state index contributed by atoms with van der Waals surface area (Å²) < 4.78 is 1.79. The average Bonchev–Trinajstić information content (AvgIpc) is 2.97. The SMILES string of the molecule is Cc1cc2nc(C(C)n3cncn3)[nH]c2cc1C. The van der Waals surface area contributed by atoms with Crippen LogP contribution in [0, 0.1) is 13.8 Å². The summed E-state index contributed by atoms with van der Waals surface area (Å²) in [6.45, 7) is 6.26. The molecule has 0 saturated carbocycles. The van der Waals surface area contributed by atoms with E-state index < -0.39 is 0 Å². The number of fused-ring (bicyclic) bond motifs is 1. The molecule has 1 N–H and O–H groups in total. The quantitative estimate of drug-likeness (QED) is 0.749. The van der Waals surface area contributed by atoms with Gasteiger partial charge in [-0.3, -0.25) is 0 Å². The molecule has 0 aliphatic heterocycles. The highest BCUT2D eigenvalue weighted by atomic mass is 15.3. The van der Waals surface area contributed by atoms with Gasteiger partial charge in [-0.2, -0.15) is 5.10 Å². The van der Waals surface area contributed by atoms with Gasteiger partial charge < -0.3 is 4.98 Å². The third-order valence-corrected chi connectivity index (χ3v) is 3.34. The molecule has 1 atom stereocenters. The fraction of sp³-hybridized carbons (Fsp3) is 0.308. The molecule has 0 aliphatic carbocycles. The Morgan fingerprint density at radius 1 is 1.22 bits per heavy atom. The van der Waals surface area contributed by atoms with E-state index in [0.29, 0.717) is 0 Å². The van der Waals surface area contributed by atoms with Crippen molar-refractivity contribution in [3.63, 3.8) is 0 Å². The summed E-state index contributed by atoms with van der Waals surface area (Å²) in [6.07, 6.45) is 3.24. The normalized spacial score (nSPS) is 13.1. The van der Waals surface area contributed by atoms with E-state index in [9.17, 15) is 0 Å². The number of aryl methyl sites for hydroxylation is 2. The van der Waals surface area contributed by atoms with Gasteiger partial charge in [-0.25, -0.2) is 14.6 Å². The first kappa shape index (κ1) is 11.0. The van der Waals surface area contributed by atoms with Gasteiger partial charge in [0, 0.05) is 0 Å². The number of nitrogens with one attached hydrogen (secondary N) is 1. The van der Waals surface area contributed by atoms with Crippen molar-refractivity contribution < 1.29 is 0 Å². The van der Waals surface area contributed by atoms with Gasteiger partial charge in [0.2, 0.25) is 0 Å². The van der Waals surface area contributed by atoms with Crippen LogP contribution < -0.4 is 0 Å². The van der Waals surface area contributed by atoms with E-state index >= 15 is 0 Å². The highest BCUT2D eigenvalue weighted by molar-refractivity contribution is 5.77. The predicted molar refractivity (Wildman–Crippen MR) is 69.4 cm³/mol. The topological polar surface area (TPSA) is 59.4 Å². The van der Waals surface area contributed by atoms with Crippen molar-refractivity contribution >= 4 is 11.0 Å². The lowest BCUT2D eigenvalue weighted by Gasteiger charge is -2.06.